The van der Waals surface area contributed by atoms with Crippen LogP contribution in [0.3, 0.4) is 0 Å². The summed E-state index contributed by atoms with van der Waals surface area (Å²) in [6.07, 6.45) is 7.70. The number of ether oxygens (including phenoxy) is 3. The number of allylic oxidation sites excluding steroid dienone is 1. The average molecular weight is 433 g/mol. The van der Waals surface area contributed by atoms with Crippen molar-refractivity contribution in [2.24, 2.45) is 11.8 Å². The molecule has 0 aliphatic carbocycles. The van der Waals surface area contributed by atoms with Gasteiger partial charge in [-0.15, -0.1) is 0 Å². The fraction of sp³-hybridized carbons (Fsp3) is 0.667. The molecule has 0 heterocycles. The van der Waals surface area contributed by atoms with Crippen molar-refractivity contribution in [1.29, 1.82) is 0 Å². The number of hydrogen-bond donors (Lipinski definition) is 0. The molecule has 3 atom stereocenters. The molecule has 0 N–H and O–H groups in total. The second-order valence-electron chi connectivity index (χ2n) is 9.28. The van der Waals surface area contributed by atoms with E-state index in [1.807, 2.05) is 12.1 Å². The van der Waals surface area contributed by atoms with E-state index in [0.717, 1.165) is 18.6 Å². The molecule has 0 aliphatic rings. The number of rotatable bonds is 15. The minimum Gasteiger partial charge on any atom is -0.497 e. The summed E-state index contributed by atoms with van der Waals surface area (Å²) < 4.78 is 16.4. The third-order valence-corrected chi connectivity index (χ3v) is 6.52. The van der Waals surface area contributed by atoms with Gasteiger partial charge in [0.1, 0.15) is 11.5 Å². The van der Waals surface area contributed by atoms with Crippen LogP contribution in [0, 0.1) is 11.8 Å². The average Bonchev–Trinajstić information content (AvgIpc) is 2.73. The summed E-state index contributed by atoms with van der Waals surface area (Å²) in [7, 11) is 3.46. The monoisotopic (exact) mass is 432 g/mol. The van der Waals surface area contributed by atoms with Gasteiger partial charge in [-0.1, -0.05) is 65.2 Å². The molecular formula is C27H44O4. The molecule has 176 valence electrons. The van der Waals surface area contributed by atoms with E-state index in [1.54, 1.807) is 14.2 Å². The van der Waals surface area contributed by atoms with E-state index in [2.05, 4.69) is 46.4 Å². The Morgan fingerprint density at radius 1 is 1.10 bits per heavy atom. The van der Waals surface area contributed by atoms with Crippen LogP contribution in [0.15, 0.2) is 36.6 Å². The van der Waals surface area contributed by atoms with Crippen LogP contribution in [0.25, 0.3) is 0 Å². The van der Waals surface area contributed by atoms with Crippen molar-refractivity contribution in [2.45, 2.75) is 91.1 Å². The van der Waals surface area contributed by atoms with Gasteiger partial charge in [-0.2, -0.15) is 0 Å². The first kappa shape index (κ1) is 27.2. The zero-order valence-electron chi connectivity index (χ0n) is 20.8. The van der Waals surface area contributed by atoms with Crippen LogP contribution in [-0.2, 0) is 19.7 Å². The molecule has 0 spiro atoms. The summed E-state index contributed by atoms with van der Waals surface area (Å²) in [5.41, 5.74) is 1.18. The minimum atomic E-state index is -0.300. The number of carbonyl (C=O) groups is 1. The fourth-order valence-corrected chi connectivity index (χ4v) is 4.58. The summed E-state index contributed by atoms with van der Waals surface area (Å²) in [6.45, 7) is 14.5. The highest BCUT2D eigenvalue weighted by Gasteiger charge is 2.38. The van der Waals surface area contributed by atoms with Gasteiger partial charge >= 0.3 is 5.97 Å². The highest BCUT2D eigenvalue weighted by molar-refractivity contribution is 5.67. The second kappa shape index (κ2) is 13.6. The van der Waals surface area contributed by atoms with Crippen LogP contribution in [-0.4, -0.2) is 26.3 Å². The highest BCUT2D eigenvalue weighted by Crippen LogP contribution is 2.44. The Balaban J connectivity index is 3.24. The molecule has 4 nitrogen and oxygen atoms in total. The molecule has 0 saturated carbocycles. The molecule has 1 aromatic carbocycles. The van der Waals surface area contributed by atoms with Gasteiger partial charge in [-0.05, 0) is 54.7 Å². The maximum atomic E-state index is 11.5. The summed E-state index contributed by atoms with van der Waals surface area (Å²) in [6, 6.07) is 8.39. The fourth-order valence-electron chi connectivity index (χ4n) is 4.58. The van der Waals surface area contributed by atoms with E-state index in [4.69, 9.17) is 14.2 Å². The van der Waals surface area contributed by atoms with Crippen molar-refractivity contribution in [3.05, 3.63) is 42.2 Å². The van der Waals surface area contributed by atoms with E-state index in [1.165, 1.54) is 38.2 Å². The first-order valence-electron chi connectivity index (χ1n) is 11.7. The molecule has 0 aromatic heterocycles. The summed E-state index contributed by atoms with van der Waals surface area (Å²) in [5.74, 6) is 1.81. The lowest BCUT2D eigenvalue weighted by atomic mass is 9.64. The Morgan fingerprint density at radius 2 is 1.74 bits per heavy atom. The third kappa shape index (κ3) is 9.06. The quantitative estimate of drug-likeness (QED) is 0.169. The van der Waals surface area contributed by atoms with Gasteiger partial charge < -0.3 is 14.2 Å². The van der Waals surface area contributed by atoms with Crippen molar-refractivity contribution in [2.75, 3.05) is 14.2 Å². The first-order chi connectivity index (χ1) is 14.6. The summed E-state index contributed by atoms with van der Waals surface area (Å²) in [5, 5.41) is 0. The van der Waals surface area contributed by atoms with Crippen LogP contribution in [0.1, 0.15) is 85.1 Å². The van der Waals surface area contributed by atoms with Crippen LogP contribution in [0.2, 0.25) is 0 Å². The normalized spacial score (nSPS) is 14.5. The van der Waals surface area contributed by atoms with Crippen LogP contribution >= 0.6 is 0 Å². The lowest BCUT2D eigenvalue weighted by molar-refractivity contribution is -0.137. The Kier molecular flexibility index (Phi) is 11.9. The minimum absolute atomic E-state index is 0.0923. The van der Waals surface area contributed by atoms with Gasteiger partial charge in [0.05, 0.1) is 13.2 Å². The Hall–Kier alpha value is -1.81. The van der Waals surface area contributed by atoms with Crippen LogP contribution in [0.4, 0.5) is 0 Å². The van der Waals surface area contributed by atoms with Gasteiger partial charge in [0, 0.05) is 20.5 Å². The zero-order valence-corrected chi connectivity index (χ0v) is 20.8. The molecule has 1 aromatic rings. The van der Waals surface area contributed by atoms with Gasteiger partial charge in [0.25, 0.3) is 0 Å². The molecular weight excluding hydrogens is 388 g/mol. The van der Waals surface area contributed by atoms with E-state index < -0.39 is 0 Å². The molecule has 0 amide bonds. The number of methoxy groups -OCH3 is 2. The number of benzene rings is 1. The van der Waals surface area contributed by atoms with Gasteiger partial charge in [0.15, 0.2) is 0 Å². The topological polar surface area (TPSA) is 44.8 Å². The third-order valence-electron chi connectivity index (χ3n) is 6.52. The number of unbranched alkanes of at least 4 members (excludes halogenated alkanes) is 3. The SMILES string of the molecule is C=C(C[C@H](CCCCCC)[C@@H](C[C@H](C)OC)C(C)(C)c1ccc(OC)cc1)OC(C)=O. The standard InChI is InChI=1S/C27H44O4/c1-9-10-11-12-13-23(18-21(3)31-22(4)28)26(19-20(2)29-7)27(5,6)24-14-16-25(30-8)17-15-24/h14-17,20,23,26H,3,9-13,18-19H2,1-2,4-8H3/t20-,23-,26+/m0/s1. The highest BCUT2D eigenvalue weighted by atomic mass is 16.5. The van der Waals surface area contributed by atoms with Gasteiger partial charge in [-0.25, -0.2) is 0 Å². The molecule has 1 rings (SSSR count). The number of carbonyl (C=O) groups excluding carboxylic acids is 1. The molecule has 0 radical (unpaired) electrons. The molecule has 0 saturated heterocycles. The lowest BCUT2D eigenvalue weighted by Gasteiger charge is -2.42. The summed E-state index contributed by atoms with van der Waals surface area (Å²) >= 11 is 0. The van der Waals surface area contributed by atoms with Crippen LogP contribution < -0.4 is 4.74 Å². The van der Waals surface area contributed by atoms with E-state index in [9.17, 15) is 4.79 Å². The maximum Gasteiger partial charge on any atom is 0.307 e. The van der Waals surface area contributed by atoms with Crippen molar-refractivity contribution >= 4 is 5.97 Å². The van der Waals surface area contributed by atoms with E-state index >= 15 is 0 Å². The first-order valence-corrected chi connectivity index (χ1v) is 11.7. The predicted molar refractivity (Wildman–Crippen MR) is 128 cm³/mol. The molecule has 0 fully saturated rings. The zero-order chi connectivity index (χ0) is 23.4. The largest absolute Gasteiger partial charge is 0.497 e. The van der Waals surface area contributed by atoms with Crippen molar-refractivity contribution in [1.82, 2.24) is 0 Å². The lowest BCUT2D eigenvalue weighted by Crippen LogP contribution is -2.37. The molecule has 0 aliphatic heterocycles. The molecule has 4 heteroatoms. The van der Waals surface area contributed by atoms with Crippen molar-refractivity contribution in [3.63, 3.8) is 0 Å². The smallest absolute Gasteiger partial charge is 0.307 e. The predicted octanol–water partition coefficient (Wildman–Crippen LogP) is 7.07. The molecule has 0 unspecified atom stereocenters. The van der Waals surface area contributed by atoms with E-state index in [0.29, 0.717) is 24.0 Å². The summed E-state index contributed by atoms with van der Waals surface area (Å²) in [4.78, 5) is 11.5. The number of esters is 1. The Labute approximate surface area is 190 Å². The van der Waals surface area contributed by atoms with Crippen molar-refractivity contribution < 1.29 is 19.0 Å². The Morgan fingerprint density at radius 3 is 2.26 bits per heavy atom. The van der Waals surface area contributed by atoms with Crippen molar-refractivity contribution in [3.8, 4) is 5.75 Å². The number of hydrogen-bond acceptors (Lipinski definition) is 4. The molecule has 31 heavy (non-hydrogen) atoms. The second-order valence-corrected chi connectivity index (χ2v) is 9.28. The van der Waals surface area contributed by atoms with Gasteiger partial charge in [-0.3, -0.25) is 4.79 Å². The van der Waals surface area contributed by atoms with E-state index in [-0.39, 0.29) is 17.5 Å². The maximum absolute atomic E-state index is 11.5. The van der Waals surface area contributed by atoms with Gasteiger partial charge in [0.2, 0.25) is 0 Å². The van der Waals surface area contributed by atoms with Crippen LogP contribution in [0.5, 0.6) is 5.75 Å². The Bertz CT molecular complexity index is 662. The molecule has 0 bridgehead atoms.